The molecule has 2 aromatic carbocycles. The molecule has 0 spiro atoms. The van der Waals surface area contributed by atoms with Crippen molar-refractivity contribution in [2.75, 3.05) is 18.4 Å². The van der Waals surface area contributed by atoms with Gasteiger partial charge in [0.1, 0.15) is 12.3 Å². The van der Waals surface area contributed by atoms with Gasteiger partial charge < -0.3 is 14.9 Å². The maximum Gasteiger partial charge on any atom is 0.282 e. The molecular weight excluding hydrogens is 437 g/mol. The molecule has 2 N–H and O–H groups in total. The second-order valence-corrected chi connectivity index (χ2v) is 8.23. The number of phenolic OH excluding ortho intramolecular Hbond substituents is 1. The number of amides is 1. The Morgan fingerprint density at radius 2 is 1.69 bits per heavy atom. The van der Waals surface area contributed by atoms with E-state index in [0.717, 1.165) is 65.8 Å². The largest absolute Gasteiger partial charge is 0.508 e. The Labute approximate surface area is 200 Å². The molecule has 1 saturated heterocycles. The van der Waals surface area contributed by atoms with Crippen molar-refractivity contribution in [2.45, 2.75) is 59.0 Å². The molecule has 1 radical (unpaired) electrons. The number of aromatic hydroxyl groups is 1. The molecule has 1 unspecified atom stereocenters. The number of hydrogen-bond acceptors (Lipinski definition) is 2. The minimum absolute atomic E-state index is 0. The van der Waals surface area contributed by atoms with E-state index in [1.807, 2.05) is 44.2 Å². The van der Waals surface area contributed by atoms with E-state index in [0.29, 0.717) is 5.75 Å². The van der Waals surface area contributed by atoms with Gasteiger partial charge in [0.2, 0.25) is 0 Å². The third kappa shape index (κ3) is 5.68. The number of phenols is 1. The summed E-state index contributed by atoms with van der Waals surface area (Å²) in [6, 6.07) is 13.5. The minimum Gasteiger partial charge on any atom is -0.508 e. The van der Waals surface area contributed by atoms with E-state index in [9.17, 15) is 9.90 Å². The first-order valence-corrected chi connectivity index (χ1v) is 10.5. The van der Waals surface area contributed by atoms with Crippen LogP contribution in [0.3, 0.4) is 0 Å². The predicted molar refractivity (Wildman–Crippen MR) is 114 cm³/mol. The third-order valence-corrected chi connectivity index (χ3v) is 6.19. The number of nitrogens with one attached hydrogen (secondary N) is 1. The van der Waals surface area contributed by atoms with E-state index in [1.54, 1.807) is 6.07 Å². The average Bonchev–Trinajstić information content (AvgIpc) is 2.66. The fourth-order valence-electron chi connectivity index (χ4n) is 4.78. The molecule has 0 saturated carbocycles. The molecule has 4 nitrogen and oxygen atoms in total. The summed E-state index contributed by atoms with van der Waals surface area (Å²) in [5, 5.41) is 13.1. The standard InChI is InChI=1S/C24H32N2O2.Y/c1-4-22(24(28)25-23-18(2)10-8-11-19(23)3)26(14-6-5-7-15-26)17-20-12-9-13-21(27)16-20;/h8-13,16,22H,4-7,14-15,17H2,1-3H3,(H-,25,27,28);/p+1. The van der Waals surface area contributed by atoms with Gasteiger partial charge in [-0.15, -0.1) is 0 Å². The molecule has 1 aliphatic rings. The molecule has 3 rings (SSSR count). The van der Waals surface area contributed by atoms with Gasteiger partial charge in [0, 0.05) is 50.4 Å². The molecule has 5 heteroatoms. The molecule has 153 valence electrons. The minimum atomic E-state index is -0.0957. The zero-order valence-corrected chi connectivity index (χ0v) is 20.8. The Hall–Kier alpha value is -1.23. The smallest absolute Gasteiger partial charge is 0.282 e. The number of rotatable bonds is 6. The van der Waals surface area contributed by atoms with Gasteiger partial charge in [0.15, 0.2) is 6.04 Å². The van der Waals surface area contributed by atoms with E-state index in [-0.39, 0.29) is 44.7 Å². The molecule has 1 amide bonds. The molecule has 0 aromatic heterocycles. The van der Waals surface area contributed by atoms with E-state index in [1.165, 1.54) is 6.42 Å². The summed E-state index contributed by atoms with van der Waals surface area (Å²) < 4.78 is 0.775. The van der Waals surface area contributed by atoms with Crippen LogP contribution in [0, 0.1) is 13.8 Å². The number of carbonyl (C=O) groups excluding carboxylic acids is 1. The van der Waals surface area contributed by atoms with Crippen molar-refractivity contribution >= 4 is 11.6 Å². The maximum absolute atomic E-state index is 13.4. The number of hydrogen-bond donors (Lipinski definition) is 2. The second-order valence-electron chi connectivity index (χ2n) is 8.23. The number of piperidine rings is 1. The van der Waals surface area contributed by atoms with Gasteiger partial charge >= 0.3 is 0 Å². The van der Waals surface area contributed by atoms with E-state index < -0.39 is 0 Å². The van der Waals surface area contributed by atoms with Crippen LogP contribution in [0.25, 0.3) is 0 Å². The van der Waals surface area contributed by atoms with Crippen LogP contribution in [0.15, 0.2) is 42.5 Å². The number of aryl methyl sites for hydroxylation is 2. The summed E-state index contributed by atoms with van der Waals surface area (Å²) in [6.07, 6.45) is 4.32. The summed E-state index contributed by atoms with van der Waals surface area (Å²) in [4.78, 5) is 13.4. The summed E-state index contributed by atoms with van der Waals surface area (Å²) in [5.41, 5.74) is 4.24. The van der Waals surface area contributed by atoms with Crippen molar-refractivity contribution in [3.8, 4) is 5.75 Å². The molecule has 29 heavy (non-hydrogen) atoms. The summed E-state index contributed by atoms with van der Waals surface area (Å²) in [6.45, 7) is 9.00. The molecule has 0 aliphatic carbocycles. The second kappa shape index (κ2) is 10.7. The van der Waals surface area contributed by atoms with Crippen molar-refractivity contribution in [1.82, 2.24) is 0 Å². The van der Waals surface area contributed by atoms with Crippen LogP contribution in [0.1, 0.15) is 49.3 Å². The molecule has 0 bridgehead atoms. The monoisotopic (exact) mass is 470 g/mol. The van der Waals surface area contributed by atoms with E-state index in [2.05, 4.69) is 18.3 Å². The van der Waals surface area contributed by atoms with Gasteiger partial charge in [-0.1, -0.05) is 37.3 Å². The van der Waals surface area contributed by atoms with Gasteiger partial charge in [0.05, 0.1) is 13.1 Å². The Morgan fingerprint density at radius 3 is 2.28 bits per heavy atom. The zero-order chi connectivity index (χ0) is 20.1. The number of para-hydroxylation sites is 1. The van der Waals surface area contributed by atoms with Crippen molar-refractivity contribution in [3.63, 3.8) is 0 Å². The average molecular weight is 470 g/mol. The van der Waals surface area contributed by atoms with Gasteiger partial charge in [0.25, 0.3) is 5.91 Å². The fraction of sp³-hybridized carbons (Fsp3) is 0.458. The van der Waals surface area contributed by atoms with Crippen LogP contribution >= 0.6 is 0 Å². The summed E-state index contributed by atoms with van der Waals surface area (Å²) >= 11 is 0. The normalized spacial score (nSPS) is 16.5. The van der Waals surface area contributed by atoms with Crippen molar-refractivity contribution < 1.29 is 47.1 Å². The van der Waals surface area contributed by atoms with Crippen LogP contribution in [-0.2, 0) is 44.0 Å². The first-order chi connectivity index (χ1) is 13.4. The van der Waals surface area contributed by atoms with Gasteiger partial charge in [-0.2, -0.15) is 0 Å². The van der Waals surface area contributed by atoms with E-state index in [4.69, 9.17) is 0 Å². The Balaban J connectivity index is 0.00000300. The molecule has 1 aliphatic heterocycles. The first kappa shape index (κ1) is 24.0. The SMILES string of the molecule is CCC(C(=O)Nc1c(C)cccc1C)[N+]1(Cc2cccc(O)c2)CCCCC1.[Y]. The number of benzene rings is 2. The quantitative estimate of drug-likeness (QED) is 0.589. The van der Waals surface area contributed by atoms with Crippen LogP contribution in [0.4, 0.5) is 5.69 Å². The van der Waals surface area contributed by atoms with Gasteiger partial charge in [-0.3, -0.25) is 4.79 Å². The van der Waals surface area contributed by atoms with Crippen molar-refractivity contribution in [3.05, 3.63) is 59.2 Å². The third-order valence-electron chi connectivity index (χ3n) is 6.19. The molecular formula is C24H33N2O2Y+. The van der Waals surface area contributed by atoms with Crippen LogP contribution in [-0.4, -0.2) is 34.6 Å². The van der Waals surface area contributed by atoms with Crippen LogP contribution in [0.5, 0.6) is 5.75 Å². The number of anilines is 1. The van der Waals surface area contributed by atoms with Crippen molar-refractivity contribution in [1.29, 1.82) is 0 Å². The number of likely N-dealkylation sites (tertiary alicyclic amines) is 1. The Morgan fingerprint density at radius 1 is 1.07 bits per heavy atom. The van der Waals surface area contributed by atoms with E-state index >= 15 is 0 Å². The molecule has 1 atom stereocenters. The summed E-state index contributed by atoms with van der Waals surface area (Å²) in [7, 11) is 0. The van der Waals surface area contributed by atoms with Crippen LogP contribution < -0.4 is 5.32 Å². The number of carbonyl (C=O) groups is 1. The number of nitrogens with zero attached hydrogens (tertiary/aromatic N) is 1. The Bertz CT molecular complexity index is 811. The fourth-order valence-corrected chi connectivity index (χ4v) is 4.78. The maximum atomic E-state index is 13.4. The molecule has 1 fully saturated rings. The zero-order valence-electron chi connectivity index (χ0n) is 17.9. The topological polar surface area (TPSA) is 49.3 Å². The predicted octanol–water partition coefficient (Wildman–Crippen LogP) is 4.92. The first-order valence-electron chi connectivity index (χ1n) is 10.5. The van der Waals surface area contributed by atoms with Gasteiger partial charge in [-0.25, -0.2) is 0 Å². The van der Waals surface area contributed by atoms with Crippen LogP contribution in [0.2, 0.25) is 0 Å². The van der Waals surface area contributed by atoms with Gasteiger partial charge in [-0.05, 0) is 56.4 Å². The molecule has 2 aromatic rings. The number of quaternary nitrogens is 1. The summed E-state index contributed by atoms with van der Waals surface area (Å²) in [5.74, 6) is 0.405. The Kier molecular flexibility index (Phi) is 8.87. The molecule has 1 heterocycles. The van der Waals surface area contributed by atoms with Crippen molar-refractivity contribution in [2.24, 2.45) is 0 Å².